The number of halogens is 3. The van der Waals surface area contributed by atoms with Crippen LogP contribution in [0.2, 0.25) is 10.0 Å². The third kappa shape index (κ3) is 6.14. The fourth-order valence-electron chi connectivity index (χ4n) is 4.47. The van der Waals surface area contributed by atoms with E-state index in [9.17, 15) is 9.18 Å². The minimum atomic E-state index is -0.542. The van der Waals surface area contributed by atoms with Crippen molar-refractivity contribution in [2.75, 3.05) is 25.4 Å². The molecule has 1 saturated heterocycles. The molecule has 3 aromatic rings. The molecule has 1 amide bonds. The van der Waals surface area contributed by atoms with Crippen LogP contribution in [0.3, 0.4) is 0 Å². The Morgan fingerprint density at radius 1 is 1.08 bits per heavy atom. The van der Waals surface area contributed by atoms with E-state index in [1.54, 1.807) is 18.3 Å². The van der Waals surface area contributed by atoms with Crippen molar-refractivity contribution in [2.24, 2.45) is 0 Å². The number of nitrogens with one attached hydrogen (secondary N) is 1. The molecule has 2 aromatic carbocycles. The van der Waals surface area contributed by atoms with Crippen LogP contribution < -0.4 is 15.8 Å². The van der Waals surface area contributed by atoms with E-state index in [-0.39, 0.29) is 35.7 Å². The number of benzene rings is 2. The van der Waals surface area contributed by atoms with Gasteiger partial charge in [0.1, 0.15) is 5.82 Å². The molecule has 0 bridgehead atoms. The average molecular weight is 544 g/mol. The molecule has 1 aliphatic carbocycles. The van der Waals surface area contributed by atoms with Gasteiger partial charge in [0, 0.05) is 47.7 Å². The maximum atomic E-state index is 13.8. The maximum absolute atomic E-state index is 13.8. The Labute approximate surface area is 225 Å². The molecule has 37 heavy (non-hydrogen) atoms. The highest BCUT2D eigenvalue weighted by atomic mass is 35.5. The number of anilines is 1. The molecule has 194 valence electrons. The van der Waals surface area contributed by atoms with Crippen molar-refractivity contribution in [3.8, 4) is 17.1 Å². The quantitative estimate of drug-likeness (QED) is 0.381. The molecule has 0 radical (unpaired) electrons. The van der Waals surface area contributed by atoms with Crippen LogP contribution in [0.1, 0.15) is 41.6 Å². The smallest absolute Gasteiger partial charge is 0.257 e. The van der Waals surface area contributed by atoms with Gasteiger partial charge in [-0.1, -0.05) is 35.3 Å². The number of nitrogens with two attached hydrogens (primary N) is 1. The van der Waals surface area contributed by atoms with E-state index in [1.807, 2.05) is 17.0 Å². The standard InChI is InChI=1S/C27H28Cl2FN5O2/c28-21-7-8-22(30)24(29)20(21)11-14-37-26-25(31)32-15-23(34-26)16-1-3-17(4-2-16)27(36)35-12-9-19(10-13-35)33-18-5-6-18/h1-4,7-8,15,18-19,33H,5-6,9-14H2,(H2,31,32). The van der Waals surface area contributed by atoms with Crippen LogP contribution in [0.4, 0.5) is 10.2 Å². The maximum Gasteiger partial charge on any atom is 0.257 e. The van der Waals surface area contributed by atoms with Gasteiger partial charge in [-0.2, -0.15) is 0 Å². The van der Waals surface area contributed by atoms with Crippen LogP contribution in [0.5, 0.6) is 5.88 Å². The van der Waals surface area contributed by atoms with Crippen LogP contribution in [0.15, 0.2) is 42.6 Å². The predicted molar refractivity (Wildman–Crippen MR) is 143 cm³/mol. The summed E-state index contributed by atoms with van der Waals surface area (Å²) in [5.74, 6) is -0.214. The molecule has 2 fully saturated rings. The Kier molecular flexibility index (Phi) is 7.79. The highest BCUT2D eigenvalue weighted by molar-refractivity contribution is 6.36. The fourth-order valence-corrected chi connectivity index (χ4v) is 5.03. The lowest BCUT2D eigenvalue weighted by Gasteiger charge is -2.32. The van der Waals surface area contributed by atoms with Crippen molar-refractivity contribution in [1.82, 2.24) is 20.2 Å². The second-order valence-corrected chi connectivity index (χ2v) is 10.2. The number of aromatic nitrogens is 2. The zero-order chi connectivity index (χ0) is 25.9. The minimum Gasteiger partial charge on any atom is -0.475 e. The molecular weight excluding hydrogens is 516 g/mol. The van der Waals surface area contributed by atoms with Crippen LogP contribution in [0, 0.1) is 5.82 Å². The van der Waals surface area contributed by atoms with Gasteiger partial charge >= 0.3 is 0 Å². The van der Waals surface area contributed by atoms with Crippen LogP contribution in [0.25, 0.3) is 11.3 Å². The second-order valence-electron chi connectivity index (χ2n) is 9.45. The van der Waals surface area contributed by atoms with E-state index in [0.717, 1.165) is 31.5 Å². The molecule has 0 atom stereocenters. The summed E-state index contributed by atoms with van der Waals surface area (Å²) in [6, 6.07) is 11.2. The van der Waals surface area contributed by atoms with Crippen LogP contribution in [-0.2, 0) is 6.42 Å². The molecule has 7 nitrogen and oxygen atoms in total. The second kappa shape index (κ2) is 11.2. The summed E-state index contributed by atoms with van der Waals surface area (Å²) in [7, 11) is 0. The molecule has 1 saturated carbocycles. The van der Waals surface area contributed by atoms with Gasteiger partial charge in [0.25, 0.3) is 11.8 Å². The monoisotopic (exact) mass is 543 g/mol. The van der Waals surface area contributed by atoms with Crippen molar-refractivity contribution in [2.45, 2.75) is 44.2 Å². The largest absolute Gasteiger partial charge is 0.475 e. The Balaban J connectivity index is 1.20. The summed E-state index contributed by atoms with van der Waals surface area (Å²) >= 11 is 12.2. The van der Waals surface area contributed by atoms with Crippen molar-refractivity contribution in [3.63, 3.8) is 0 Å². The molecule has 2 aliphatic rings. The lowest BCUT2D eigenvalue weighted by Crippen LogP contribution is -2.45. The Morgan fingerprint density at radius 2 is 1.78 bits per heavy atom. The molecule has 1 aliphatic heterocycles. The van der Waals surface area contributed by atoms with Crippen LogP contribution in [-0.4, -0.2) is 52.6 Å². The van der Waals surface area contributed by atoms with Crippen molar-refractivity contribution in [1.29, 1.82) is 0 Å². The summed E-state index contributed by atoms with van der Waals surface area (Å²) in [5, 5.41) is 3.99. The number of amides is 1. The SMILES string of the molecule is Nc1ncc(-c2ccc(C(=O)N3CCC(NC4CC4)CC3)cc2)nc1OCCc1c(Cl)ccc(F)c1Cl. The molecule has 2 heterocycles. The molecule has 3 N–H and O–H groups in total. The first kappa shape index (κ1) is 25.7. The van der Waals surface area contributed by atoms with Gasteiger partial charge in [0.15, 0.2) is 5.82 Å². The first-order valence-corrected chi connectivity index (χ1v) is 13.2. The number of piperidine rings is 1. The van der Waals surface area contributed by atoms with E-state index in [1.165, 1.54) is 25.0 Å². The number of carbonyl (C=O) groups excluding carboxylic acids is 1. The van der Waals surface area contributed by atoms with Crippen molar-refractivity contribution in [3.05, 3.63) is 69.6 Å². The van der Waals surface area contributed by atoms with Gasteiger partial charge in [0.2, 0.25) is 0 Å². The first-order chi connectivity index (χ1) is 17.9. The van der Waals surface area contributed by atoms with E-state index >= 15 is 0 Å². The number of ether oxygens (including phenoxy) is 1. The third-order valence-electron chi connectivity index (χ3n) is 6.76. The normalized spacial score (nSPS) is 16.1. The number of nitrogen functional groups attached to an aromatic ring is 1. The van der Waals surface area contributed by atoms with Gasteiger partial charge in [-0.05, 0) is 55.5 Å². The summed E-state index contributed by atoms with van der Waals surface area (Å²) in [4.78, 5) is 23.6. The number of hydrogen-bond acceptors (Lipinski definition) is 6. The van der Waals surface area contributed by atoms with Gasteiger partial charge in [-0.3, -0.25) is 4.79 Å². The van der Waals surface area contributed by atoms with E-state index in [2.05, 4.69) is 15.3 Å². The fraction of sp³-hybridized carbons (Fsp3) is 0.370. The predicted octanol–water partition coefficient (Wildman–Crippen LogP) is 5.15. The van der Waals surface area contributed by atoms with E-state index in [4.69, 9.17) is 33.7 Å². The number of rotatable bonds is 8. The van der Waals surface area contributed by atoms with Crippen molar-refractivity contribution < 1.29 is 13.9 Å². The Morgan fingerprint density at radius 3 is 2.49 bits per heavy atom. The molecule has 5 rings (SSSR count). The lowest BCUT2D eigenvalue weighted by atomic mass is 10.0. The number of carbonyl (C=O) groups is 1. The van der Waals surface area contributed by atoms with E-state index < -0.39 is 5.82 Å². The average Bonchev–Trinajstić information content (AvgIpc) is 3.73. The number of nitrogens with zero attached hydrogens (tertiary/aromatic N) is 3. The molecule has 10 heteroatoms. The molecule has 0 spiro atoms. The molecule has 1 aromatic heterocycles. The molecule has 0 unspecified atom stereocenters. The van der Waals surface area contributed by atoms with E-state index in [0.29, 0.717) is 33.9 Å². The third-order valence-corrected chi connectivity index (χ3v) is 7.52. The van der Waals surface area contributed by atoms with Gasteiger partial charge in [0.05, 0.1) is 23.5 Å². The number of hydrogen-bond donors (Lipinski definition) is 2. The lowest BCUT2D eigenvalue weighted by molar-refractivity contribution is 0.0705. The molecular formula is C27H28Cl2FN5O2. The van der Waals surface area contributed by atoms with Gasteiger partial charge in [-0.25, -0.2) is 14.4 Å². The van der Waals surface area contributed by atoms with Gasteiger partial charge in [-0.15, -0.1) is 0 Å². The highest BCUT2D eigenvalue weighted by Crippen LogP contribution is 2.29. The Hall–Kier alpha value is -2.94. The summed E-state index contributed by atoms with van der Waals surface area (Å²) in [6.45, 7) is 1.66. The van der Waals surface area contributed by atoms with Gasteiger partial charge < -0.3 is 20.7 Å². The van der Waals surface area contributed by atoms with Crippen molar-refractivity contribution >= 4 is 34.9 Å². The Bertz CT molecular complexity index is 1280. The van der Waals surface area contributed by atoms with Crippen LogP contribution >= 0.6 is 23.2 Å². The topological polar surface area (TPSA) is 93.4 Å². The number of likely N-dealkylation sites (tertiary alicyclic amines) is 1. The zero-order valence-electron chi connectivity index (χ0n) is 20.2. The summed E-state index contributed by atoms with van der Waals surface area (Å²) in [6.07, 6.45) is 6.35. The summed E-state index contributed by atoms with van der Waals surface area (Å²) in [5.41, 5.74) is 8.37. The highest BCUT2D eigenvalue weighted by Gasteiger charge is 2.28. The zero-order valence-corrected chi connectivity index (χ0v) is 21.7. The minimum absolute atomic E-state index is 0.0298. The first-order valence-electron chi connectivity index (χ1n) is 12.4. The summed E-state index contributed by atoms with van der Waals surface area (Å²) < 4.78 is 19.5.